The molecule has 1 aromatic carbocycles. The topological polar surface area (TPSA) is 49.3 Å². The van der Waals surface area contributed by atoms with Crippen molar-refractivity contribution >= 4 is 28.0 Å². The Morgan fingerprint density at radius 3 is 2.62 bits per heavy atom. The molecule has 2 N–H and O–H groups in total. The molecule has 0 radical (unpaired) electrons. The number of thiophene rings is 1. The number of fused-ring (bicyclic) bond motifs is 1. The van der Waals surface area contributed by atoms with Crippen molar-refractivity contribution in [1.82, 2.24) is 0 Å². The molecule has 2 aromatic rings. The Kier molecular flexibility index (Phi) is 2.82. The van der Waals surface area contributed by atoms with Crippen LogP contribution in [0.25, 0.3) is 0 Å². The Morgan fingerprint density at radius 1 is 1.19 bits per heavy atom. The summed E-state index contributed by atoms with van der Waals surface area (Å²) in [4.78, 5) is 13.0. The van der Waals surface area contributed by atoms with Crippen LogP contribution in [0.3, 0.4) is 0 Å². The lowest BCUT2D eigenvalue weighted by molar-refractivity contribution is 0.0697. The van der Waals surface area contributed by atoms with Gasteiger partial charge in [0.1, 0.15) is 5.00 Å². The number of benzene rings is 1. The van der Waals surface area contributed by atoms with E-state index >= 15 is 0 Å². The van der Waals surface area contributed by atoms with Crippen molar-refractivity contribution < 1.29 is 9.90 Å². The van der Waals surface area contributed by atoms with Crippen LogP contribution in [-0.4, -0.2) is 11.1 Å². The van der Waals surface area contributed by atoms with Crippen molar-refractivity contribution in [2.24, 2.45) is 5.41 Å². The van der Waals surface area contributed by atoms with Crippen molar-refractivity contribution in [3.63, 3.8) is 0 Å². The molecule has 3 nitrogen and oxygen atoms in total. The Bertz CT molecular complexity index is 701. The van der Waals surface area contributed by atoms with Crippen LogP contribution in [0.4, 0.5) is 10.7 Å². The average molecular weight is 299 g/mol. The van der Waals surface area contributed by atoms with Gasteiger partial charge in [-0.3, -0.25) is 0 Å². The van der Waals surface area contributed by atoms with Gasteiger partial charge in [-0.2, -0.15) is 0 Å². The van der Waals surface area contributed by atoms with Gasteiger partial charge in [0.15, 0.2) is 0 Å². The van der Waals surface area contributed by atoms with Gasteiger partial charge in [0, 0.05) is 10.6 Å². The highest BCUT2D eigenvalue weighted by Crippen LogP contribution is 2.57. The van der Waals surface area contributed by atoms with Crippen molar-refractivity contribution in [3.8, 4) is 0 Å². The fourth-order valence-corrected chi connectivity index (χ4v) is 4.74. The number of nitrogens with one attached hydrogen (secondary N) is 1. The summed E-state index contributed by atoms with van der Waals surface area (Å²) >= 11 is 1.64. The number of rotatable bonds is 3. The molecule has 1 fully saturated rings. The zero-order valence-corrected chi connectivity index (χ0v) is 12.5. The predicted octanol–water partition coefficient (Wildman–Crippen LogP) is 4.46. The van der Waals surface area contributed by atoms with Crippen LogP contribution in [0.15, 0.2) is 30.3 Å². The van der Waals surface area contributed by atoms with E-state index in [0.717, 1.165) is 35.5 Å². The van der Waals surface area contributed by atoms with Crippen molar-refractivity contribution in [1.29, 1.82) is 0 Å². The molecule has 1 saturated carbocycles. The third kappa shape index (κ3) is 2.23. The number of aromatic carboxylic acids is 1. The van der Waals surface area contributed by atoms with E-state index < -0.39 is 5.97 Å². The molecule has 2 aliphatic carbocycles. The monoisotopic (exact) mass is 299 g/mol. The first kappa shape index (κ1) is 12.9. The largest absolute Gasteiger partial charge is 0.478 e. The molecule has 0 unspecified atom stereocenters. The van der Waals surface area contributed by atoms with Gasteiger partial charge >= 0.3 is 5.97 Å². The van der Waals surface area contributed by atoms with E-state index in [0.29, 0.717) is 11.0 Å². The van der Waals surface area contributed by atoms with Crippen LogP contribution in [-0.2, 0) is 12.8 Å². The Balaban J connectivity index is 1.73. The molecule has 0 saturated heterocycles. The predicted molar refractivity (Wildman–Crippen MR) is 84.7 cm³/mol. The smallest absolute Gasteiger partial charge is 0.339 e. The van der Waals surface area contributed by atoms with Crippen molar-refractivity contribution in [2.75, 3.05) is 5.32 Å². The molecule has 1 aromatic heterocycles. The van der Waals surface area contributed by atoms with Crippen LogP contribution in [0.1, 0.15) is 40.1 Å². The fourth-order valence-electron chi connectivity index (χ4n) is 3.31. The highest BCUT2D eigenvalue weighted by molar-refractivity contribution is 7.16. The molecule has 4 rings (SSSR count). The minimum absolute atomic E-state index is 0.495. The van der Waals surface area contributed by atoms with Gasteiger partial charge in [-0.15, -0.1) is 11.3 Å². The number of hydrogen-bond acceptors (Lipinski definition) is 3. The van der Waals surface area contributed by atoms with Gasteiger partial charge < -0.3 is 10.4 Å². The summed E-state index contributed by atoms with van der Waals surface area (Å²) in [5, 5.41) is 13.7. The summed E-state index contributed by atoms with van der Waals surface area (Å²) in [6.45, 7) is 0. The lowest BCUT2D eigenvalue weighted by Crippen LogP contribution is -2.15. The Hall–Kier alpha value is -1.81. The van der Waals surface area contributed by atoms with Crippen LogP contribution in [0.5, 0.6) is 0 Å². The molecule has 4 heteroatoms. The second kappa shape index (κ2) is 4.60. The molecule has 21 heavy (non-hydrogen) atoms. The van der Waals surface area contributed by atoms with Gasteiger partial charge in [0.25, 0.3) is 0 Å². The third-order valence-corrected chi connectivity index (χ3v) is 5.88. The Labute approximate surface area is 127 Å². The summed E-state index contributed by atoms with van der Waals surface area (Å²) in [5.74, 6) is -0.808. The normalized spacial score (nSPS) is 18.3. The SMILES string of the molecule is O=C(O)c1c(Nc2ccccc2)sc2c1CCC1(CC1)C2. The van der Waals surface area contributed by atoms with Crippen LogP contribution in [0.2, 0.25) is 0 Å². The van der Waals surface area contributed by atoms with Crippen molar-refractivity contribution in [2.45, 2.75) is 32.1 Å². The van der Waals surface area contributed by atoms with E-state index in [9.17, 15) is 9.90 Å². The molecule has 2 aliphatic rings. The second-order valence-corrected chi connectivity index (χ2v) is 7.29. The quantitative estimate of drug-likeness (QED) is 0.879. The molecule has 0 bridgehead atoms. The van der Waals surface area contributed by atoms with Crippen molar-refractivity contribution in [3.05, 3.63) is 46.3 Å². The molecule has 0 aliphatic heterocycles. The first-order valence-corrected chi connectivity index (χ1v) is 8.18. The van der Waals surface area contributed by atoms with Crippen LogP contribution >= 0.6 is 11.3 Å². The second-order valence-electron chi connectivity index (χ2n) is 6.18. The van der Waals surface area contributed by atoms with Crippen LogP contribution in [0, 0.1) is 5.41 Å². The maximum absolute atomic E-state index is 11.7. The van der Waals surface area contributed by atoms with E-state index in [1.54, 1.807) is 11.3 Å². The van der Waals surface area contributed by atoms with Gasteiger partial charge in [0.2, 0.25) is 0 Å². The van der Waals surface area contributed by atoms with Gasteiger partial charge in [-0.1, -0.05) is 18.2 Å². The van der Waals surface area contributed by atoms with Crippen LogP contribution < -0.4 is 5.32 Å². The number of para-hydroxylation sites is 1. The first-order valence-electron chi connectivity index (χ1n) is 7.37. The number of hydrogen-bond donors (Lipinski definition) is 2. The average Bonchev–Trinajstić information content (AvgIpc) is 3.11. The molecule has 108 valence electrons. The molecular formula is C17H17NO2S. The van der Waals surface area contributed by atoms with Gasteiger partial charge in [-0.05, 0) is 55.2 Å². The highest BCUT2D eigenvalue weighted by atomic mass is 32.1. The summed E-state index contributed by atoms with van der Waals surface area (Å²) in [6.07, 6.45) is 5.78. The van der Waals surface area contributed by atoms with E-state index in [2.05, 4.69) is 5.32 Å². The summed E-state index contributed by atoms with van der Waals surface area (Å²) in [6, 6.07) is 9.80. The van der Waals surface area contributed by atoms with E-state index in [1.807, 2.05) is 30.3 Å². The zero-order chi connectivity index (χ0) is 14.4. The Morgan fingerprint density at radius 2 is 1.95 bits per heavy atom. The van der Waals surface area contributed by atoms with E-state index in [1.165, 1.54) is 17.7 Å². The fraction of sp³-hybridized carbons (Fsp3) is 0.353. The third-order valence-electron chi connectivity index (χ3n) is 4.73. The highest BCUT2D eigenvalue weighted by Gasteiger charge is 2.46. The van der Waals surface area contributed by atoms with Gasteiger partial charge in [-0.25, -0.2) is 4.79 Å². The molecule has 0 amide bonds. The molecule has 1 heterocycles. The molecule has 0 atom stereocenters. The lowest BCUT2D eigenvalue weighted by atomic mass is 9.85. The van der Waals surface area contributed by atoms with E-state index in [4.69, 9.17) is 0 Å². The number of carboxylic acids is 1. The lowest BCUT2D eigenvalue weighted by Gasteiger charge is -2.21. The minimum Gasteiger partial charge on any atom is -0.478 e. The summed E-state index contributed by atoms with van der Waals surface area (Å²) < 4.78 is 0. The minimum atomic E-state index is -0.808. The maximum Gasteiger partial charge on any atom is 0.339 e. The number of anilines is 2. The number of carbonyl (C=O) groups is 1. The standard InChI is InChI=1S/C17H17NO2S/c19-16(20)14-12-6-7-17(8-9-17)10-13(12)21-15(14)18-11-4-2-1-3-5-11/h1-5,18H,6-10H2,(H,19,20). The summed E-state index contributed by atoms with van der Waals surface area (Å²) in [5.41, 5.74) is 3.02. The molecular weight excluding hydrogens is 282 g/mol. The van der Waals surface area contributed by atoms with E-state index in [-0.39, 0.29) is 0 Å². The van der Waals surface area contributed by atoms with Gasteiger partial charge in [0.05, 0.1) is 5.56 Å². The zero-order valence-electron chi connectivity index (χ0n) is 11.7. The first-order chi connectivity index (χ1) is 10.2. The summed E-state index contributed by atoms with van der Waals surface area (Å²) in [7, 11) is 0. The molecule has 1 spiro atoms. The maximum atomic E-state index is 11.7. The number of carboxylic acid groups (broad SMARTS) is 1.